The van der Waals surface area contributed by atoms with Gasteiger partial charge in [-0.05, 0) is 48.6 Å². The lowest BCUT2D eigenvalue weighted by molar-refractivity contribution is -0.384. The molecule has 2 aromatic carbocycles. The van der Waals surface area contributed by atoms with E-state index in [9.17, 15) is 29.3 Å². The van der Waals surface area contributed by atoms with Crippen LogP contribution in [0.5, 0.6) is 5.75 Å². The number of rotatable bonds is 7. The lowest BCUT2D eigenvalue weighted by atomic mass is 9.81. The number of alkyl halides is 2. The molecule has 1 heterocycles. The maximum Gasteiger partial charge on any atom is 0.273 e. The lowest BCUT2D eigenvalue weighted by Gasteiger charge is -2.30. The molecule has 0 N–H and O–H groups in total. The molecule has 12 heteroatoms. The number of imide groups is 1. The Morgan fingerprint density at radius 1 is 1.03 bits per heavy atom. The normalized spacial score (nSPS) is 27.8. The summed E-state index contributed by atoms with van der Waals surface area (Å²) in [5.74, 6) is -3.30. The Bertz CT molecular complexity index is 1290. The molecule has 0 radical (unpaired) electrons. The van der Waals surface area contributed by atoms with Crippen LogP contribution in [0.25, 0.3) is 0 Å². The standard InChI is InChI=1S/C25H21Br2N3O7/c1-37-15-7-5-12(6-8-15)18(31)11-28(23(32)13-3-2-4-14(9-13)30(35)36)29-24(33)19-16-10-17(20(19)25(29)34)22(27)21(16)26/h2-9,16-17,19-22H,10-11H2,1H3/t16-,17-,19-,20+,21-,22+/m1/s1. The van der Waals surface area contributed by atoms with E-state index < -0.39 is 46.8 Å². The first-order chi connectivity index (χ1) is 17.6. The Hall–Kier alpha value is -3.12. The number of carbonyl (C=O) groups excluding carboxylic acids is 4. The van der Waals surface area contributed by atoms with E-state index in [1.807, 2.05) is 0 Å². The molecule has 2 aromatic rings. The van der Waals surface area contributed by atoms with Gasteiger partial charge in [-0.3, -0.25) is 29.3 Å². The van der Waals surface area contributed by atoms with Crippen molar-refractivity contribution in [3.8, 4) is 5.75 Å². The first-order valence-corrected chi connectivity index (χ1v) is 13.4. The van der Waals surface area contributed by atoms with Crippen molar-refractivity contribution in [3.05, 3.63) is 69.8 Å². The average Bonchev–Trinajstić information content (AvgIpc) is 3.51. The van der Waals surface area contributed by atoms with Gasteiger partial charge < -0.3 is 4.74 Å². The Morgan fingerprint density at radius 3 is 2.16 bits per heavy atom. The van der Waals surface area contributed by atoms with Gasteiger partial charge in [-0.25, -0.2) is 5.01 Å². The summed E-state index contributed by atoms with van der Waals surface area (Å²) in [5, 5.41) is 12.9. The fraction of sp³-hybridized carbons (Fsp3) is 0.360. The minimum Gasteiger partial charge on any atom is -0.497 e. The zero-order chi connectivity index (χ0) is 26.6. The summed E-state index contributed by atoms with van der Waals surface area (Å²) >= 11 is 7.27. The quantitative estimate of drug-likeness (QED) is 0.150. The van der Waals surface area contributed by atoms with Gasteiger partial charge in [0.05, 0.1) is 23.9 Å². The fourth-order valence-electron chi connectivity index (χ4n) is 5.71. The van der Waals surface area contributed by atoms with Crippen molar-refractivity contribution in [2.24, 2.45) is 23.7 Å². The van der Waals surface area contributed by atoms with E-state index in [0.29, 0.717) is 12.2 Å². The maximum absolute atomic E-state index is 13.7. The van der Waals surface area contributed by atoms with Crippen LogP contribution in [0.15, 0.2) is 48.5 Å². The van der Waals surface area contributed by atoms with Crippen LogP contribution in [0, 0.1) is 33.8 Å². The molecule has 2 aliphatic carbocycles. The Balaban J connectivity index is 1.51. The highest BCUT2D eigenvalue weighted by molar-refractivity contribution is 9.12. The highest BCUT2D eigenvalue weighted by Gasteiger charge is 2.67. The summed E-state index contributed by atoms with van der Waals surface area (Å²) in [4.78, 5) is 64.8. The van der Waals surface area contributed by atoms with Gasteiger partial charge in [-0.15, -0.1) is 0 Å². The third-order valence-electron chi connectivity index (χ3n) is 7.45. The van der Waals surface area contributed by atoms with Crippen LogP contribution in [-0.4, -0.2) is 61.8 Å². The molecule has 0 spiro atoms. The zero-order valence-corrected chi connectivity index (χ0v) is 22.6. The predicted octanol–water partition coefficient (Wildman–Crippen LogP) is 3.62. The van der Waals surface area contributed by atoms with Crippen LogP contribution in [-0.2, 0) is 9.59 Å². The molecule has 0 aromatic heterocycles. The van der Waals surface area contributed by atoms with Crippen molar-refractivity contribution < 1.29 is 28.8 Å². The van der Waals surface area contributed by atoms with Gasteiger partial charge in [0.15, 0.2) is 5.78 Å². The number of carbonyl (C=O) groups is 4. The van der Waals surface area contributed by atoms with Gasteiger partial charge in [0.2, 0.25) is 0 Å². The number of Topliss-reactive ketones (excluding diaryl/α,β-unsaturated/α-hetero) is 1. The molecular weight excluding hydrogens is 614 g/mol. The summed E-state index contributed by atoms with van der Waals surface area (Å²) in [5.41, 5.74) is -0.197. The summed E-state index contributed by atoms with van der Waals surface area (Å²) < 4.78 is 5.12. The number of nitro benzene ring substituents is 1. The monoisotopic (exact) mass is 633 g/mol. The van der Waals surface area contributed by atoms with Crippen LogP contribution >= 0.6 is 31.9 Å². The number of methoxy groups -OCH3 is 1. The van der Waals surface area contributed by atoms with E-state index in [0.717, 1.165) is 16.1 Å². The smallest absolute Gasteiger partial charge is 0.273 e. The molecule has 2 bridgehead atoms. The molecule has 3 aliphatic rings. The second-order valence-corrected chi connectivity index (χ2v) is 11.4. The number of ketones is 1. The summed E-state index contributed by atoms with van der Waals surface area (Å²) in [6.07, 6.45) is 0.704. The van der Waals surface area contributed by atoms with Crippen molar-refractivity contribution in [2.45, 2.75) is 16.1 Å². The molecular formula is C25H21Br2N3O7. The summed E-state index contributed by atoms with van der Waals surface area (Å²) in [6, 6.07) is 11.2. The van der Waals surface area contributed by atoms with E-state index in [1.165, 1.54) is 37.4 Å². The van der Waals surface area contributed by atoms with Crippen molar-refractivity contribution in [1.82, 2.24) is 10.0 Å². The van der Waals surface area contributed by atoms with E-state index in [-0.39, 0.29) is 38.3 Å². The van der Waals surface area contributed by atoms with Crippen LogP contribution in [0.3, 0.4) is 0 Å². The number of hydrogen-bond acceptors (Lipinski definition) is 7. The van der Waals surface area contributed by atoms with Crippen molar-refractivity contribution in [1.29, 1.82) is 0 Å². The zero-order valence-electron chi connectivity index (χ0n) is 19.5. The lowest BCUT2D eigenvalue weighted by Crippen LogP contribution is -2.52. The van der Waals surface area contributed by atoms with Crippen molar-refractivity contribution >= 4 is 61.1 Å². The van der Waals surface area contributed by atoms with Gasteiger partial charge in [0.25, 0.3) is 23.4 Å². The number of nitrogens with zero attached hydrogens (tertiary/aromatic N) is 3. The number of hydrazine groups is 1. The maximum atomic E-state index is 13.7. The minimum absolute atomic E-state index is 0.00249. The van der Waals surface area contributed by atoms with Gasteiger partial charge in [-0.2, -0.15) is 5.01 Å². The largest absolute Gasteiger partial charge is 0.497 e. The Labute approximate surface area is 228 Å². The fourth-order valence-corrected chi connectivity index (χ4v) is 7.58. The molecule has 192 valence electrons. The van der Waals surface area contributed by atoms with E-state index in [2.05, 4.69) is 31.9 Å². The van der Waals surface area contributed by atoms with E-state index in [4.69, 9.17) is 4.74 Å². The predicted molar refractivity (Wildman–Crippen MR) is 137 cm³/mol. The minimum atomic E-state index is -0.856. The molecule has 5 rings (SSSR count). The summed E-state index contributed by atoms with van der Waals surface area (Å²) in [6.45, 7) is -0.602. The van der Waals surface area contributed by atoms with Gasteiger partial charge in [0.1, 0.15) is 12.3 Å². The third-order valence-corrected chi connectivity index (χ3v) is 10.7. The molecule has 3 amide bonds. The number of nitro groups is 1. The van der Waals surface area contributed by atoms with E-state index in [1.54, 1.807) is 12.1 Å². The molecule has 3 fully saturated rings. The molecule has 0 unspecified atom stereocenters. The molecule has 1 saturated heterocycles. The molecule has 2 saturated carbocycles. The first kappa shape index (κ1) is 25.5. The second-order valence-electron chi connectivity index (χ2n) is 9.31. The van der Waals surface area contributed by atoms with Crippen molar-refractivity contribution in [3.63, 3.8) is 0 Å². The number of amides is 3. The second kappa shape index (κ2) is 9.64. The Kier molecular flexibility index (Phi) is 6.65. The SMILES string of the molecule is COc1ccc(C(=O)CN(C(=O)c2cccc([N+](=O)[O-])c2)N2C(=O)[C@@H]3[C@H]4C[C@@H]([C@H](Br)[C@@H]4Br)[C@@H]3C2=O)cc1. The van der Waals surface area contributed by atoms with Crippen LogP contribution in [0.1, 0.15) is 27.1 Å². The van der Waals surface area contributed by atoms with Gasteiger partial charge >= 0.3 is 0 Å². The van der Waals surface area contributed by atoms with E-state index >= 15 is 0 Å². The Morgan fingerprint density at radius 2 is 1.62 bits per heavy atom. The first-order valence-electron chi connectivity index (χ1n) is 11.5. The molecule has 6 atom stereocenters. The number of fused-ring (bicyclic) bond motifs is 5. The van der Waals surface area contributed by atoms with Crippen LogP contribution < -0.4 is 4.74 Å². The number of hydrogen-bond donors (Lipinski definition) is 0. The number of non-ortho nitro benzene ring substituents is 1. The van der Waals surface area contributed by atoms with Gasteiger partial charge in [-0.1, -0.05) is 37.9 Å². The number of halogens is 2. The number of benzene rings is 2. The highest BCUT2D eigenvalue weighted by Crippen LogP contribution is 2.60. The topological polar surface area (TPSA) is 127 Å². The number of ether oxygens (including phenoxy) is 1. The van der Waals surface area contributed by atoms with Crippen LogP contribution in [0.2, 0.25) is 0 Å². The summed E-state index contributed by atoms with van der Waals surface area (Å²) in [7, 11) is 1.49. The van der Waals surface area contributed by atoms with Gasteiger partial charge in [0, 0.05) is 32.9 Å². The van der Waals surface area contributed by atoms with Crippen LogP contribution in [0.4, 0.5) is 5.69 Å². The highest BCUT2D eigenvalue weighted by atomic mass is 79.9. The molecule has 10 nitrogen and oxygen atoms in total. The third kappa shape index (κ3) is 4.15. The average molecular weight is 635 g/mol. The molecule has 1 aliphatic heterocycles. The molecule has 37 heavy (non-hydrogen) atoms. The van der Waals surface area contributed by atoms with Crippen molar-refractivity contribution in [2.75, 3.05) is 13.7 Å².